The van der Waals surface area contributed by atoms with Crippen molar-refractivity contribution in [3.63, 3.8) is 0 Å². The fraction of sp³-hybridized carbons (Fsp3) is 0.385. The van der Waals surface area contributed by atoms with E-state index in [0.29, 0.717) is 6.61 Å². The Morgan fingerprint density at radius 2 is 2.26 bits per heavy atom. The first-order chi connectivity index (χ1) is 9.19. The lowest BCUT2D eigenvalue weighted by Crippen LogP contribution is -2.42. The summed E-state index contributed by atoms with van der Waals surface area (Å²) in [6.45, 7) is 0.421. The van der Waals surface area contributed by atoms with E-state index in [-0.39, 0.29) is 13.2 Å². The van der Waals surface area contributed by atoms with E-state index in [9.17, 15) is 9.90 Å². The number of hydrogen-bond donors (Lipinski definition) is 1. The first-order valence-corrected chi connectivity index (χ1v) is 5.84. The van der Waals surface area contributed by atoms with Gasteiger partial charge in [0.2, 0.25) is 0 Å². The predicted molar refractivity (Wildman–Crippen MR) is 65.5 cm³/mol. The zero-order valence-corrected chi connectivity index (χ0v) is 10.2. The average molecular weight is 262 g/mol. The van der Waals surface area contributed by atoms with Crippen LogP contribution in [0.25, 0.3) is 5.53 Å². The standard InChI is InChI=1S/C13H14N2O4/c14-15-6-11(16)13(9-19-13)12(17)8-18-7-10-4-2-1-3-5-10/h1-6,12,17H,7-9H2/t12-,13+/m1/s1. The smallest absolute Gasteiger partial charge is 0.326 e. The summed E-state index contributed by atoms with van der Waals surface area (Å²) in [4.78, 5) is 14.2. The van der Waals surface area contributed by atoms with Gasteiger partial charge in [0.05, 0.1) is 19.8 Å². The van der Waals surface area contributed by atoms with Gasteiger partial charge >= 0.3 is 6.21 Å². The molecule has 2 rings (SSSR count). The predicted octanol–water partition coefficient (Wildman–Crippen LogP) is 0.203. The summed E-state index contributed by atoms with van der Waals surface area (Å²) in [5, 5.41) is 9.90. The van der Waals surface area contributed by atoms with E-state index in [2.05, 4.69) is 4.79 Å². The Morgan fingerprint density at radius 1 is 1.58 bits per heavy atom. The van der Waals surface area contributed by atoms with Crippen LogP contribution in [-0.2, 0) is 20.9 Å². The molecule has 0 radical (unpaired) electrons. The lowest BCUT2D eigenvalue weighted by Gasteiger charge is -2.15. The normalized spacial score (nSPS) is 22.4. The molecule has 1 aromatic rings. The molecule has 1 heterocycles. The number of aliphatic hydroxyl groups excluding tert-OH is 1. The van der Waals surface area contributed by atoms with E-state index < -0.39 is 17.5 Å². The van der Waals surface area contributed by atoms with Gasteiger partial charge in [-0.15, -0.1) is 0 Å². The highest BCUT2D eigenvalue weighted by Crippen LogP contribution is 2.31. The number of benzene rings is 1. The van der Waals surface area contributed by atoms with Crippen molar-refractivity contribution in [2.75, 3.05) is 13.2 Å². The van der Waals surface area contributed by atoms with Crippen LogP contribution in [0.15, 0.2) is 30.3 Å². The third kappa shape index (κ3) is 3.13. The molecule has 6 heteroatoms. The van der Waals surface area contributed by atoms with Crippen molar-refractivity contribution < 1.29 is 24.2 Å². The van der Waals surface area contributed by atoms with Crippen molar-refractivity contribution in [3.05, 3.63) is 41.4 Å². The van der Waals surface area contributed by atoms with Gasteiger partial charge in [0.15, 0.2) is 5.60 Å². The largest absolute Gasteiger partial charge is 0.387 e. The van der Waals surface area contributed by atoms with Gasteiger partial charge in [-0.1, -0.05) is 30.3 Å². The third-order valence-electron chi connectivity index (χ3n) is 2.97. The molecule has 0 saturated carbocycles. The van der Waals surface area contributed by atoms with E-state index in [0.717, 1.165) is 11.8 Å². The van der Waals surface area contributed by atoms with Crippen LogP contribution in [0.5, 0.6) is 0 Å². The quantitative estimate of drug-likeness (QED) is 0.328. The maximum absolute atomic E-state index is 11.6. The first-order valence-electron chi connectivity index (χ1n) is 5.84. The Morgan fingerprint density at radius 3 is 2.84 bits per heavy atom. The van der Waals surface area contributed by atoms with Crippen molar-refractivity contribution in [3.8, 4) is 0 Å². The summed E-state index contributed by atoms with van der Waals surface area (Å²) in [6, 6.07) is 9.49. The zero-order valence-electron chi connectivity index (χ0n) is 10.2. The summed E-state index contributed by atoms with van der Waals surface area (Å²) < 4.78 is 10.3. The molecule has 0 bridgehead atoms. The Hall–Kier alpha value is -1.85. The average Bonchev–Trinajstić information content (AvgIpc) is 3.22. The van der Waals surface area contributed by atoms with Gasteiger partial charge < -0.3 is 20.1 Å². The molecule has 1 aliphatic heterocycles. The molecule has 19 heavy (non-hydrogen) atoms. The van der Waals surface area contributed by atoms with Crippen molar-refractivity contribution in [2.45, 2.75) is 18.3 Å². The lowest BCUT2D eigenvalue weighted by atomic mass is 9.99. The number of ketones is 1. The fourth-order valence-electron chi connectivity index (χ4n) is 1.74. The van der Waals surface area contributed by atoms with Gasteiger partial charge in [-0.3, -0.25) is 4.79 Å². The Balaban J connectivity index is 1.83. The van der Waals surface area contributed by atoms with Crippen LogP contribution in [0.3, 0.4) is 0 Å². The van der Waals surface area contributed by atoms with Crippen molar-refractivity contribution in [1.29, 1.82) is 0 Å². The number of hydrogen-bond acceptors (Lipinski definition) is 4. The molecule has 2 atom stereocenters. The molecule has 0 aliphatic carbocycles. The summed E-state index contributed by atoms with van der Waals surface area (Å²) >= 11 is 0. The first kappa shape index (κ1) is 13.6. The molecule has 1 aromatic carbocycles. The van der Waals surface area contributed by atoms with Crippen LogP contribution in [0.4, 0.5) is 0 Å². The van der Waals surface area contributed by atoms with E-state index in [1.54, 1.807) is 0 Å². The van der Waals surface area contributed by atoms with Gasteiger partial charge in [-0.05, 0) is 5.56 Å². The van der Waals surface area contributed by atoms with E-state index in [4.69, 9.17) is 15.0 Å². The van der Waals surface area contributed by atoms with Gasteiger partial charge in [-0.2, -0.15) is 4.79 Å². The van der Waals surface area contributed by atoms with Crippen molar-refractivity contribution >= 4 is 12.0 Å². The monoisotopic (exact) mass is 262 g/mol. The molecule has 6 nitrogen and oxygen atoms in total. The maximum Gasteiger partial charge on any atom is 0.326 e. The van der Waals surface area contributed by atoms with Crippen LogP contribution in [0.2, 0.25) is 0 Å². The molecule has 1 aliphatic rings. The van der Waals surface area contributed by atoms with Crippen LogP contribution in [-0.4, -0.2) is 46.8 Å². The number of ether oxygens (including phenoxy) is 2. The molecular weight excluding hydrogens is 248 g/mol. The number of nitrogens with zero attached hydrogens (tertiary/aromatic N) is 2. The zero-order chi connectivity index (χ0) is 13.7. The third-order valence-corrected chi connectivity index (χ3v) is 2.97. The molecule has 1 saturated heterocycles. The summed E-state index contributed by atoms with van der Waals surface area (Å²) in [6.07, 6.45) is -0.352. The molecule has 0 spiro atoms. The Kier molecular flexibility index (Phi) is 4.19. The van der Waals surface area contributed by atoms with Gasteiger partial charge in [0.25, 0.3) is 5.78 Å². The van der Waals surface area contributed by atoms with E-state index in [1.807, 2.05) is 30.3 Å². The minimum absolute atomic E-state index is 0.0279. The summed E-state index contributed by atoms with van der Waals surface area (Å²) in [7, 11) is 0. The van der Waals surface area contributed by atoms with E-state index in [1.165, 1.54) is 0 Å². The van der Waals surface area contributed by atoms with Crippen molar-refractivity contribution in [1.82, 2.24) is 0 Å². The highest BCUT2D eigenvalue weighted by atomic mass is 16.6. The number of carbonyl (C=O) groups excluding carboxylic acids is 1. The Labute approximate surface area is 110 Å². The molecular formula is C13H14N2O4. The summed E-state index contributed by atoms with van der Waals surface area (Å²) in [5.74, 6) is -0.564. The van der Waals surface area contributed by atoms with Crippen LogP contribution < -0.4 is 0 Å². The minimum atomic E-state index is -1.30. The second-order valence-electron chi connectivity index (χ2n) is 4.30. The van der Waals surface area contributed by atoms with Crippen LogP contribution in [0.1, 0.15) is 5.56 Å². The number of rotatable bonds is 7. The fourth-order valence-corrected chi connectivity index (χ4v) is 1.74. The van der Waals surface area contributed by atoms with Crippen LogP contribution in [0, 0.1) is 0 Å². The lowest BCUT2D eigenvalue weighted by molar-refractivity contribution is -0.126. The molecule has 1 fully saturated rings. The Bertz CT molecular complexity index is 493. The molecule has 0 aromatic heterocycles. The molecule has 100 valence electrons. The number of carbonyl (C=O) groups is 1. The van der Waals surface area contributed by atoms with E-state index >= 15 is 0 Å². The topological polar surface area (TPSA) is 95.5 Å². The van der Waals surface area contributed by atoms with Crippen LogP contribution >= 0.6 is 0 Å². The highest BCUT2D eigenvalue weighted by Gasteiger charge is 2.58. The van der Waals surface area contributed by atoms with Gasteiger partial charge in [0, 0.05) is 0 Å². The van der Waals surface area contributed by atoms with Gasteiger partial charge in [-0.25, -0.2) is 0 Å². The minimum Gasteiger partial charge on any atom is -0.387 e. The molecule has 0 amide bonds. The molecule has 0 unspecified atom stereocenters. The number of Topliss-reactive ketones (excluding diaryl/α,β-unsaturated/α-hetero) is 1. The summed E-state index contributed by atoms with van der Waals surface area (Å²) in [5.41, 5.74) is 7.99. The SMILES string of the molecule is [N-]=[N+]=CC(=O)[C@]1([C@H](O)COCc2ccccc2)CO1. The van der Waals surface area contributed by atoms with Gasteiger partial charge in [0.1, 0.15) is 6.10 Å². The van der Waals surface area contributed by atoms with Crippen molar-refractivity contribution in [2.24, 2.45) is 0 Å². The number of epoxide rings is 1. The second-order valence-corrected chi connectivity index (χ2v) is 4.30. The second kappa shape index (κ2) is 5.86. The molecule has 1 N–H and O–H groups in total. The number of aliphatic hydroxyl groups is 1. The highest BCUT2D eigenvalue weighted by molar-refractivity contribution is 6.30. The maximum atomic E-state index is 11.6.